The molecule has 0 bridgehead atoms. The quantitative estimate of drug-likeness (QED) is 0.320. The lowest BCUT2D eigenvalue weighted by Gasteiger charge is -2.25. The number of halogens is 1. The number of rotatable bonds is 7. The molecular formula is C23H22ClN3O2. The first-order valence-electron chi connectivity index (χ1n) is 9.58. The molecule has 1 aromatic heterocycles. The van der Waals surface area contributed by atoms with Gasteiger partial charge >= 0.3 is 0 Å². The average Bonchev–Trinajstić information content (AvgIpc) is 3.45. The fourth-order valence-electron chi connectivity index (χ4n) is 3.46. The van der Waals surface area contributed by atoms with Gasteiger partial charge in [-0.25, -0.2) is 0 Å². The number of nitrogens with one attached hydrogen (secondary N) is 2. The largest absolute Gasteiger partial charge is 0.472 e. The zero-order valence-electron chi connectivity index (χ0n) is 15.8. The molecule has 1 saturated carbocycles. The van der Waals surface area contributed by atoms with Gasteiger partial charge in [-0.3, -0.25) is 15.1 Å². The van der Waals surface area contributed by atoms with Crippen molar-refractivity contribution in [3.63, 3.8) is 0 Å². The molecule has 0 saturated heterocycles. The number of carbonyl (C=O) groups is 1. The monoisotopic (exact) mass is 407 g/mol. The summed E-state index contributed by atoms with van der Waals surface area (Å²) >= 11 is 6.15. The average molecular weight is 408 g/mol. The summed E-state index contributed by atoms with van der Waals surface area (Å²) in [6.07, 6.45) is 6.03. The lowest BCUT2D eigenvalue weighted by Crippen LogP contribution is -2.41. The summed E-state index contributed by atoms with van der Waals surface area (Å²) in [5.74, 6) is 0.540. The van der Waals surface area contributed by atoms with Crippen LogP contribution in [0.4, 0.5) is 0 Å². The van der Waals surface area contributed by atoms with E-state index in [4.69, 9.17) is 21.4 Å². The molecule has 2 aromatic carbocycles. The van der Waals surface area contributed by atoms with Crippen LogP contribution in [0.3, 0.4) is 0 Å². The van der Waals surface area contributed by atoms with Gasteiger partial charge in [0.15, 0.2) is 5.96 Å². The Hall–Kier alpha value is -3.05. The summed E-state index contributed by atoms with van der Waals surface area (Å²) in [7, 11) is 0. The molecule has 0 spiro atoms. The second-order valence-electron chi connectivity index (χ2n) is 7.31. The van der Waals surface area contributed by atoms with E-state index in [1.807, 2.05) is 30.3 Å². The summed E-state index contributed by atoms with van der Waals surface area (Å²) in [5, 5.41) is 12.4. The molecule has 1 unspecified atom stereocenters. The molecule has 148 valence electrons. The topological polar surface area (TPSA) is 69.3 Å². The van der Waals surface area contributed by atoms with E-state index in [1.165, 1.54) is 4.90 Å². The molecular weight excluding hydrogens is 386 g/mol. The van der Waals surface area contributed by atoms with Gasteiger partial charge in [-0.1, -0.05) is 41.9 Å². The van der Waals surface area contributed by atoms with Gasteiger partial charge in [0.05, 0.1) is 25.1 Å². The van der Waals surface area contributed by atoms with E-state index in [1.54, 1.807) is 18.6 Å². The number of furan rings is 1. The molecule has 1 aliphatic carbocycles. The Bertz CT molecular complexity index is 999. The van der Waals surface area contributed by atoms with Gasteiger partial charge in [0, 0.05) is 10.6 Å². The molecule has 1 atom stereocenters. The number of hydrogen-bond donors (Lipinski definition) is 2. The van der Waals surface area contributed by atoms with E-state index in [2.05, 4.69) is 23.5 Å². The normalized spacial score (nSPS) is 14.2. The van der Waals surface area contributed by atoms with E-state index < -0.39 is 0 Å². The highest BCUT2D eigenvalue weighted by Crippen LogP contribution is 2.41. The molecule has 1 fully saturated rings. The molecule has 1 aliphatic rings. The third-order valence-electron chi connectivity index (χ3n) is 5.14. The highest BCUT2D eigenvalue weighted by Gasteiger charge is 2.33. The van der Waals surface area contributed by atoms with Crippen LogP contribution in [0.5, 0.6) is 0 Å². The first-order chi connectivity index (χ1) is 14.1. The second-order valence-corrected chi connectivity index (χ2v) is 7.75. The molecule has 3 aromatic rings. The molecule has 29 heavy (non-hydrogen) atoms. The lowest BCUT2D eigenvalue weighted by molar-refractivity contribution is -0.115. The second kappa shape index (κ2) is 8.53. The zero-order valence-corrected chi connectivity index (χ0v) is 16.6. The van der Waals surface area contributed by atoms with Crippen molar-refractivity contribution < 1.29 is 9.21 Å². The van der Waals surface area contributed by atoms with Crippen molar-refractivity contribution in [2.75, 3.05) is 0 Å². The predicted octanol–water partition coefficient (Wildman–Crippen LogP) is 5.23. The molecule has 4 rings (SSSR count). The third kappa shape index (κ3) is 4.69. The number of nitrogens with zero attached hydrogens (tertiary/aromatic N) is 1. The first kappa shape index (κ1) is 19.3. The fraction of sp³-hybridized carbons (Fsp3) is 0.217. The summed E-state index contributed by atoms with van der Waals surface area (Å²) < 4.78 is 5.06. The van der Waals surface area contributed by atoms with Crippen LogP contribution in [0.25, 0.3) is 11.1 Å². The maximum absolute atomic E-state index is 11.5. The fourth-order valence-corrected chi connectivity index (χ4v) is 3.65. The van der Waals surface area contributed by atoms with Gasteiger partial charge < -0.3 is 9.73 Å². The van der Waals surface area contributed by atoms with Gasteiger partial charge in [-0.2, -0.15) is 0 Å². The number of carbonyl (C=O) groups excluding carboxylic acids is 1. The maximum atomic E-state index is 11.5. The molecule has 2 N–H and O–H groups in total. The molecule has 1 amide bonds. The summed E-state index contributed by atoms with van der Waals surface area (Å²) in [5.41, 5.74) is 4.08. The number of amides is 1. The highest BCUT2D eigenvalue weighted by atomic mass is 35.5. The van der Waals surface area contributed by atoms with Crippen LogP contribution in [-0.4, -0.2) is 17.3 Å². The molecule has 0 aliphatic heterocycles. The molecule has 1 heterocycles. The van der Waals surface area contributed by atoms with Crippen LogP contribution >= 0.6 is 11.6 Å². The van der Waals surface area contributed by atoms with Gasteiger partial charge in [-0.05, 0) is 59.7 Å². The Kier molecular flexibility index (Phi) is 5.67. The van der Waals surface area contributed by atoms with E-state index >= 15 is 0 Å². The smallest absolute Gasteiger partial charge is 0.216 e. The van der Waals surface area contributed by atoms with Crippen molar-refractivity contribution >= 4 is 24.0 Å². The molecule has 6 heteroatoms. The van der Waals surface area contributed by atoms with Gasteiger partial charge in [0.25, 0.3) is 0 Å². The van der Waals surface area contributed by atoms with Crippen LogP contribution in [0.15, 0.2) is 71.5 Å². The summed E-state index contributed by atoms with van der Waals surface area (Å²) in [4.78, 5) is 12.9. The van der Waals surface area contributed by atoms with Crippen molar-refractivity contribution in [1.82, 2.24) is 10.2 Å². The van der Waals surface area contributed by atoms with Crippen LogP contribution in [0.1, 0.15) is 30.0 Å². The minimum Gasteiger partial charge on any atom is -0.472 e. The number of guanidine groups is 1. The van der Waals surface area contributed by atoms with Crippen molar-refractivity contribution in [2.45, 2.75) is 25.4 Å². The van der Waals surface area contributed by atoms with E-state index in [0.717, 1.165) is 35.1 Å². The number of hydrogen-bond acceptors (Lipinski definition) is 3. The SMILES string of the molecule is N=C(NC(c1cccc(-c2cccc(Cl)c2)c1)C1CC1)N(C=O)Cc1ccoc1. The van der Waals surface area contributed by atoms with Gasteiger partial charge in [0.1, 0.15) is 0 Å². The molecule has 5 nitrogen and oxygen atoms in total. The lowest BCUT2D eigenvalue weighted by atomic mass is 9.97. The Morgan fingerprint density at radius 2 is 1.97 bits per heavy atom. The molecule has 0 radical (unpaired) electrons. The zero-order chi connectivity index (χ0) is 20.2. The van der Waals surface area contributed by atoms with E-state index in [9.17, 15) is 4.79 Å². The third-order valence-corrected chi connectivity index (χ3v) is 5.37. The van der Waals surface area contributed by atoms with Crippen molar-refractivity contribution in [3.05, 3.63) is 83.3 Å². The van der Waals surface area contributed by atoms with Gasteiger partial charge in [-0.15, -0.1) is 0 Å². The van der Waals surface area contributed by atoms with Crippen LogP contribution < -0.4 is 5.32 Å². The van der Waals surface area contributed by atoms with Crippen molar-refractivity contribution in [2.24, 2.45) is 5.92 Å². The van der Waals surface area contributed by atoms with Crippen LogP contribution in [0.2, 0.25) is 5.02 Å². The Labute approximate surface area is 174 Å². The Balaban J connectivity index is 1.54. The summed E-state index contributed by atoms with van der Waals surface area (Å²) in [6.45, 7) is 0.297. The van der Waals surface area contributed by atoms with E-state index in [0.29, 0.717) is 23.9 Å². The summed E-state index contributed by atoms with van der Waals surface area (Å²) in [6, 6.07) is 17.8. The number of benzene rings is 2. The Morgan fingerprint density at radius 1 is 1.21 bits per heavy atom. The minimum atomic E-state index is -0.0200. The minimum absolute atomic E-state index is 0.0200. The maximum Gasteiger partial charge on any atom is 0.216 e. The first-order valence-corrected chi connectivity index (χ1v) is 9.96. The van der Waals surface area contributed by atoms with E-state index in [-0.39, 0.29) is 12.0 Å². The highest BCUT2D eigenvalue weighted by molar-refractivity contribution is 6.30. The standard InChI is InChI=1S/C23H22ClN3O2/c24-21-6-2-4-19(12-21)18-3-1-5-20(11-18)22(17-7-8-17)26-23(25)27(15-28)13-16-9-10-29-14-16/h1-6,9-12,14-15,17,22H,7-8,13H2,(H2,25,26). The van der Waals surface area contributed by atoms with Crippen molar-refractivity contribution in [1.29, 1.82) is 5.41 Å². The Morgan fingerprint density at radius 3 is 2.62 bits per heavy atom. The van der Waals surface area contributed by atoms with Gasteiger partial charge in [0.2, 0.25) is 6.41 Å². The van der Waals surface area contributed by atoms with Crippen LogP contribution in [0, 0.1) is 11.3 Å². The predicted molar refractivity (Wildman–Crippen MR) is 114 cm³/mol. The van der Waals surface area contributed by atoms with Crippen LogP contribution in [-0.2, 0) is 11.3 Å². The van der Waals surface area contributed by atoms with Crippen molar-refractivity contribution in [3.8, 4) is 11.1 Å².